The van der Waals surface area contributed by atoms with Crippen molar-refractivity contribution in [3.8, 4) is 0 Å². The predicted molar refractivity (Wildman–Crippen MR) is 86.2 cm³/mol. The molecule has 0 unspecified atom stereocenters. The van der Waals surface area contributed by atoms with Gasteiger partial charge < -0.3 is 5.32 Å². The topological polar surface area (TPSA) is 115 Å². The molecule has 1 amide bonds. The summed E-state index contributed by atoms with van der Waals surface area (Å²) in [5.41, 5.74) is -1.09. The van der Waals surface area contributed by atoms with Crippen molar-refractivity contribution in [2.24, 2.45) is 0 Å². The number of anilines is 1. The van der Waals surface area contributed by atoms with Crippen LogP contribution in [0.25, 0.3) is 0 Å². The van der Waals surface area contributed by atoms with Gasteiger partial charge in [0.05, 0.1) is 28.0 Å². The van der Waals surface area contributed by atoms with Gasteiger partial charge in [-0.2, -0.15) is 0 Å². The van der Waals surface area contributed by atoms with Crippen LogP contribution in [0.1, 0.15) is 5.56 Å². The summed E-state index contributed by atoms with van der Waals surface area (Å²) in [7, 11) is 0. The van der Waals surface area contributed by atoms with Crippen LogP contribution in [0.4, 0.5) is 21.5 Å². The third-order valence-corrected chi connectivity index (χ3v) is 3.53. The predicted octanol–water partition coefficient (Wildman–Crippen LogP) is 3.59. The molecule has 1 N–H and O–H groups in total. The zero-order valence-corrected chi connectivity index (χ0v) is 13.4. The minimum Gasteiger partial charge on any atom is -0.323 e. The van der Waals surface area contributed by atoms with Gasteiger partial charge in [-0.05, 0) is 24.3 Å². The molecule has 2 aromatic carbocycles. The van der Waals surface area contributed by atoms with E-state index in [4.69, 9.17) is 0 Å². The molecule has 24 heavy (non-hydrogen) atoms. The Morgan fingerprint density at radius 2 is 1.83 bits per heavy atom. The lowest BCUT2D eigenvalue weighted by Gasteiger charge is -2.07. The van der Waals surface area contributed by atoms with Gasteiger partial charge in [-0.25, -0.2) is 4.39 Å². The van der Waals surface area contributed by atoms with Crippen LogP contribution >= 0.6 is 15.9 Å². The van der Waals surface area contributed by atoms with E-state index >= 15 is 0 Å². The highest BCUT2D eigenvalue weighted by Crippen LogP contribution is 2.26. The molecule has 0 aliphatic carbocycles. The van der Waals surface area contributed by atoms with E-state index in [1.54, 1.807) is 0 Å². The second-order valence-electron chi connectivity index (χ2n) is 4.68. The van der Waals surface area contributed by atoms with Crippen molar-refractivity contribution >= 4 is 38.9 Å². The molecule has 0 aromatic heterocycles. The van der Waals surface area contributed by atoms with Crippen LogP contribution in [-0.4, -0.2) is 15.8 Å². The fraction of sp³-hybridized carbons (Fsp3) is 0.0714. The number of benzene rings is 2. The van der Waals surface area contributed by atoms with E-state index < -0.39 is 39.4 Å². The molecule has 124 valence electrons. The average molecular weight is 398 g/mol. The zero-order valence-electron chi connectivity index (χ0n) is 11.9. The second-order valence-corrected chi connectivity index (χ2v) is 5.59. The Labute approximate surface area is 142 Å². The summed E-state index contributed by atoms with van der Waals surface area (Å²) >= 11 is 3.08. The molecule has 0 aliphatic heterocycles. The molecule has 8 nitrogen and oxygen atoms in total. The van der Waals surface area contributed by atoms with Crippen LogP contribution in [0.5, 0.6) is 0 Å². The molecule has 0 aliphatic rings. The third kappa shape index (κ3) is 4.10. The number of halogens is 2. The van der Waals surface area contributed by atoms with E-state index in [0.717, 1.165) is 24.3 Å². The van der Waals surface area contributed by atoms with Crippen LogP contribution in [0.3, 0.4) is 0 Å². The first-order chi connectivity index (χ1) is 11.3. The van der Waals surface area contributed by atoms with Gasteiger partial charge in [-0.1, -0.05) is 15.9 Å². The van der Waals surface area contributed by atoms with Crippen molar-refractivity contribution in [1.29, 1.82) is 0 Å². The van der Waals surface area contributed by atoms with Gasteiger partial charge in [-0.3, -0.25) is 25.0 Å². The van der Waals surface area contributed by atoms with Crippen LogP contribution in [0.15, 0.2) is 40.9 Å². The largest absolute Gasteiger partial charge is 0.323 e. The third-order valence-electron chi connectivity index (χ3n) is 3.03. The number of non-ortho nitro benzene ring substituents is 1. The summed E-state index contributed by atoms with van der Waals surface area (Å²) in [5.74, 6) is -1.36. The second kappa shape index (κ2) is 7.13. The molecule has 10 heteroatoms. The lowest BCUT2D eigenvalue weighted by Crippen LogP contribution is -2.16. The number of nitrogens with zero attached hydrogens (tertiary/aromatic N) is 2. The van der Waals surface area contributed by atoms with E-state index in [1.165, 1.54) is 12.1 Å². The van der Waals surface area contributed by atoms with Crippen molar-refractivity contribution in [3.63, 3.8) is 0 Å². The molecule has 2 aromatic rings. The Balaban J connectivity index is 2.22. The fourth-order valence-electron chi connectivity index (χ4n) is 1.94. The summed E-state index contributed by atoms with van der Waals surface area (Å²) in [4.78, 5) is 32.1. The summed E-state index contributed by atoms with van der Waals surface area (Å²) < 4.78 is 14.2. The summed E-state index contributed by atoms with van der Waals surface area (Å²) in [6.45, 7) is 0. The number of nitro benzene ring substituents is 2. The minimum absolute atomic E-state index is 0.0133. The molecule has 2 rings (SSSR count). The van der Waals surface area contributed by atoms with Crippen molar-refractivity contribution in [2.75, 3.05) is 5.32 Å². The molecular formula is C14H9BrFN3O5. The van der Waals surface area contributed by atoms with E-state index in [1.807, 2.05) is 0 Å². The molecular weight excluding hydrogens is 389 g/mol. The standard InChI is InChI=1S/C14H9BrFN3O5/c15-9-2-4-12(11(16)6-9)17-14(20)5-8-1-3-10(18(21)22)7-13(8)19(23)24/h1-4,6-7H,5H2,(H,17,20). The monoisotopic (exact) mass is 397 g/mol. The lowest BCUT2D eigenvalue weighted by molar-refractivity contribution is -0.394. The first-order valence-corrected chi connectivity index (χ1v) is 7.24. The van der Waals surface area contributed by atoms with Gasteiger partial charge in [0.2, 0.25) is 5.91 Å². The van der Waals surface area contributed by atoms with Gasteiger partial charge >= 0.3 is 0 Å². The molecule has 0 atom stereocenters. The smallest absolute Gasteiger partial charge is 0.279 e. The maximum absolute atomic E-state index is 13.7. The first kappa shape index (κ1) is 17.5. The van der Waals surface area contributed by atoms with Gasteiger partial charge in [0.15, 0.2) is 0 Å². The van der Waals surface area contributed by atoms with E-state index in [9.17, 15) is 29.4 Å². The molecule has 0 saturated carbocycles. The SMILES string of the molecule is O=C(Cc1ccc([N+](=O)[O-])cc1[N+](=O)[O-])Nc1ccc(Br)cc1F. The van der Waals surface area contributed by atoms with Crippen LogP contribution in [0, 0.1) is 26.0 Å². The maximum Gasteiger partial charge on any atom is 0.279 e. The number of carbonyl (C=O) groups excluding carboxylic acids is 1. The van der Waals surface area contributed by atoms with Crippen LogP contribution in [0.2, 0.25) is 0 Å². The quantitative estimate of drug-likeness (QED) is 0.611. The van der Waals surface area contributed by atoms with Crippen molar-refractivity contribution in [1.82, 2.24) is 0 Å². The average Bonchev–Trinajstić information content (AvgIpc) is 2.50. The number of hydrogen-bond donors (Lipinski definition) is 1. The molecule has 0 bridgehead atoms. The van der Waals surface area contributed by atoms with E-state index in [0.29, 0.717) is 4.47 Å². The van der Waals surface area contributed by atoms with E-state index in [-0.39, 0.29) is 11.3 Å². The van der Waals surface area contributed by atoms with Crippen LogP contribution in [-0.2, 0) is 11.2 Å². The number of nitrogens with one attached hydrogen (secondary N) is 1. The summed E-state index contributed by atoms with van der Waals surface area (Å²) in [5, 5.41) is 24.0. The van der Waals surface area contributed by atoms with Gasteiger partial charge in [0.1, 0.15) is 5.82 Å². The molecule has 0 fully saturated rings. The molecule has 0 radical (unpaired) electrons. The Morgan fingerprint density at radius 3 is 2.42 bits per heavy atom. The summed E-state index contributed by atoms with van der Waals surface area (Å²) in [6, 6.07) is 6.99. The first-order valence-electron chi connectivity index (χ1n) is 6.44. The van der Waals surface area contributed by atoms with Gasteiger partial charge in [-0.15, -0.1) is 0 Å². The molecule has 0 saturated heterocycles. The van der Waals surface area contributed by atoms with Gasteiger partial charge in [0.25, 0.3) is 11.4 Å². The number of nitro groups is 2. The fourth-order valence-corrected chi connectivity index (χ4v) is 2.28. The highest BCUT2D eigenvalue weighted by atomic mass is 79.9. The molecule has 0 heterocycles. The summed E-state index contributed by atoms with van der Waals surface area (Å²) in [6.07, 6.45) is -0.427. The maximum atomic E-state index is 13.7. The van der Waals surface area contributed by atoms with Crippen molar-refractivity contribution in [3.05, 3.63) is 72.5 Å². The van der Waals surface area contributed by atoms with Crippen LogP contribution < -0.4 is 5.32 Å². The highest BCUT2D eigenvalue weighted by Gasteiger charge is 2.21. The Bertz CT molecular complexity index is 843. The Hall–Kier alpha value is -2.88. The van der Waals surface area contributed by atoms with Gasteiger partial charge in [0, 0.05) is 16.1 Å². The lowest BCUT2D eigenvalue weighted by atomic mass is 10.1. The Kier molecular flexibility index (Phi) is 5.19. The highest BCUT2D eigenvalue weighted by molar-refractivity contribution is 9.10. The molecule has 0 spiro atoms. The number of amides is 1. The normalized spacial score (nSPS) is 10.2. The van der Waals surface area contributed by atoms with Crippen molar-refractivity contribution < 1.29 is 19.0 Å². The number of hydrogen-bond acceptors (Lipinski definition) is 5. The van der Waals surface area contributed by atoms with E-state index in [2.05, 4.69) is 21.2 Å². The minimum atomic E-state index is -0.810. The zero-order chi connectivity index (χ0) is 17.9. The van der Waals surface area contributed by atoms with Crippen molar-refractivity contribution in [2.45, 2.75) is 6.42 Å². The number of carbonyl (C=O) groups is 1. The number of rotatable bonds is 5. The Morgan fingerprint density at radius 1 is 1.12 bits per heavy atom.